The van der Waals surface area contributed by atoms with Crippen molar-refractivity contribution >= 4 is 23.2 Å². The fourth-order valence-corrected chi connectivity index (χ4v) is 3.76. The molecule has 2 heterocycles. The molecule has 0 spiro atoms. The molecule has 1 aromatic heterocycles. The second-order valence-corrected chi connectivity index (χ2v) is 8.12. The zero-order valence-corrected chi connectivity index (χ0v) is 17.6. The van der Waals surface area contributed by atoms with Crippen molar-refractivity contribution in [3.63, 3.8) is 0 Å². The second kappa shape index (κ2) is 8.57. The third-order valence-corrected chi connectivity index (χ3v) is 5.49. The van der Waals surface area contributed by atoms with Gasteiger partial charge in [0.2, 0.25) is 0 Å². The number of rotatable bonds is 5. The van der Waals surface area contributed by atoms with Crippen LogP contribution in [0.25, 0.3) is 0 Å². The Hall–Kier alpha value is -3.09. The summed E-state index contributed by atoms with van der Waals surface area (Å²) in [7, 11) is 0. The van der Waals surface area contributed by atoms with Gasteiger partial charge < -0.3 is 10.5 Å². The monoisotopic (exact) mass is 437 g/mol. The average molecular weight is 438 g/mol. The lowest BCUT2D eigenvalue weighted by atomic mass is 9.89. The molecule has 0 fully saturated rings. The van der Waals surface area contributed by atoms with Crippen LogP contribution in [0.4, 0.5) is 4.39 Å². The first-order valence-electron chi connectivity index (χ1n) is 9.81. The molecule has 2 N–H and O–H groups in total. The van der Waals surface area contributed by atoms with Crippen molar-refractivity contribution in [3.8, 4) is 0 Å². The predicted octanol–water partition coefficient (Wildman–Crippen LogP) is 4.64. The van der Waals surface area contributed by atoms with E-state index in [1.54, 1.807) is 31.2 Å². The summed E-state index contributed by atoms with van der Waals surface area (Å²) >= 11 is 5.83. The Morgan fingerprint density at radius 2 is 2.00 bits per heavy atom. The fourth-order valence-electron chi connectivity index (χ4n) is 3.65. The lowest BCUT2D eigenvalue weighted by molar-refractivity contribution is 0.0436. The molecule has 1 aliphatic heterocycles. The molecule has 0 saturated carbocycles. The maximum atomic E-state index is 14.8. The Morgan fingerprint density at radius 3 is 2.68 bits per heavy atom. The molecule has 0 amide bonds. The smallest absolute Gasteiger partial charge is 0.185 e. The van der Waals surface area contributed by atoms with Gasteiger partial charge in [-0.2, -0.15) is 0 Å². The number of halogens is 2. The van der Waals surface area contributed by atoms with Crippen molar-refractivity contribution in [2.24, 2.45) is 10.7 Å². The summed E-state index contributed by atoms with van der Waals surface area (Å²) in [4.78, 5) is 21.2. The number of ketones is 1. The molecule has 0 radical (unpaired) electrons. The van der Waals surface area contributed by atoms with Crippen LogP contribution in [0.15, 0.2) is 71.9 Å². The van der Waals surface area contributed by atoms with Crippen molar-refractivity contribution in [1.82, 2.24) is 4.98 Å². The van der Waals surface area contributed by atoms with Gasteiger partial charge in [0, 0.05) is 18.2 Å². The summed E-state index contributed by atoms with van der Waals surface area (Å²) < 4.78 is 20.8. The topological polar surface area (TPSA) is 77.6 Å². The van der Waals surface area contributed by atoms with Crippen LogP contribution in [0.2, 0.25) is 5.02 Å². The third kappa shape index (κ3) is 4.50. The molecule has 2 atom stereocenters. The number of hydrogen-bond acceptors (Lipinski definition) is 5. The molecule has 158 valence electrons. The van der Waals surface area contributed by atoms with E-state index in [9.17, 15) is 9.18 Å². The van der Waals surface area contributed by atoms with Gasteiger partial charge >= 0.3 is 0 Å². The molecule has 3 aromatic rings. The summed E-state index contributed by atoms with van der Waals surface area (Å²) in [5, 5.41) is 0.454. The van der Waals surface area contributed by atoms with E-state index in [4.69, 9.17) is 22.1 Å². The lowest BCUT2D eigenvalue weighted by Gasteiger charge is -2.34. The number of ether oxygens (including phenoxy) is 1. The van der Waals surface area contributed by atoms with Crippen LogP contribution in [0.1, 0.15) is 40.2 Å². The van der Waals surface area contributed by atoms with E-state index in [0.717, 1.165) is 5.56 Å². The quantitative estimate of drug-likeness (QED) is 0.589. The highest BCUT2D eigenvalue weighted by atomic mass is 35.5. The molecule has 0 unspecified atom stereocenters. The van der Waals surface area contributed by atoms with E-state index < -0.39 is 17.5 Å². The Morgan fingerprint density at radius 1 is 1.23 bits per heavy atom. The van der Waals surface area contributed by atoms with Crippen LogP contribution < -0.4 is 5.73 Å². The number of aromatic nitrogens is 1. The molecule has 7 heteroatoms. The first kappa shape index (κ1) is 21.2. The zero-order valence-electron chi connectivity index (χ0n) is 16.9. The number of benzene rings is 2. The Bertz CT molecular complexity index is 1140. The van der Waals surface area contributed by atoms with Gasteiger partial charge in [0.25, 0.3) is 0 Å². The van der Waals surface area contributed by atoms with Crippen LogP contribution in [0.5, 0.6) is 0 Å². The number of amidine groups is 1. The van der Waals surface area contributed by atoms with Crippen molar-refractivity contribution < 1.29 is 13.9 Å². The number of carbonyl (C=O) groups is 1. The number of aliphatic imine (C=N–C) groups is 1. The van der Waals surface area contributed by atoms with Crippen LogP contribution in [-0.2, 0) is 16.7 Å². The van der Waals surface area contributed by atoms with Gasteiger partial charge in [-0.25, -0.2) is 4.39 Å². The Kier molecular flexibility index (Phi) is 5.85. The maximum absolute atomic E-state index is 14.8. The summed E-state index contributed by atoms with van der Waals surface area (Å²) in [6.45, 7) is 1.92. The number of nitrogens with two attached hydrogens (primary N) is 1. The van der Waals surface area contributed by atoms with E-state index in [1.165, 1.54) is 12.3 Å². The summed E-state index contributed by atoms with van der Waals surface area (Å²) in [6.07, 6.45) is 1.02. The van der Waals surface area contributed by atoms with Crippen LogP contribution in [-0.4, -0.2) is 23.2 Å². The van der Waals surface area contributed by atoms with Gasteiger partial charge in [-0.05, 0) is 42.3 Å². The third-order valence-electron chi connectivity index (χ3n) is 5.27. The first-order valence-corrected chi connectivity index (χ1v) is 10.2. The largest absolute Gasteiger partial charge is 0.385 e. The Balaban J connectivity index is 1.60. The molecule has 31 heavy (non-hydrogen) atoms. The van der Waals surface area contributed by atoms with E-state index in [2.05, 4.69) is 9.98 Å². The summed E-state index contributed by atoms with van der Waals surface area (Å²) in [5.41, 5.74) is 7.38. The second-order valence-electron chi connectivity index (χ2n) is 7.69. The Labute approximate surface area is 184 Å². The predicted molar refractivity (Wildman–Crippen MR) is 118 cm³/mol. The highest BCUT2D eigenvalue weighted by Gasteiger charge is 2.37. The number of nitrogens with zero attached hydrogens (tertiary/aromatic N) is 2. The normalized spacial score (nSPS) is 20.9. The maximum Gasteiger partial charge on any atom is 0.185 e. The van der Waals surface area contributed by atoms with Crippen LogP contribution in [0, 0.1) is 5.82 Å². The lowest BCUT2D eigenvalue weighted by Crippen LogP contribution is -2.40. The molecular formula is C24H21ClFN3O2. The van der Waals surface area contributed by atoms with Crippen molar-refractivity contribution in [2.75, 3.05) is 6.61 Å². The van der Waals surface area contributed by atoms with Gasteiger partial charge in [-0.3, -0.25) is 14.8 Å². The SMILES string of the molecule is C[C@@]1(c2cc(CC(=O)c3ccc(Cl)cn3)ccc2F)CO[C@@H](c2ccccc2)C(N)=N1. The number of hydrogen-bond donors (Lipinski definition) is 1. The minimum absolute atomic E-state index is 0.0741. The highest BCUT2D eigenvalue weighted by Crippen LogP contribution is 2.35. The fraction of sp³-hybridized carbons (Fsp3) is 0.208. The highest BCUT2D eigenvalue weighted by molar-refractivity contribution is 6.30. The molecule has 0 aliphatic carbocycles. The van der Waals surface area contributed by atoms with E-state index in [0.29, 0.717) is 21.8 Å². The van der Waals surface area contributed by atoms with E-state index in [1.807, 2.05) is 30.3 Å². The van der Waals surface area contributed by atoms with Gasteiger partial charge in [0.15, 0.2) is 5.78 Å². The summed E-state index contributed by atoms with van der Waals surface area (Å²) in [6, 6.07) is 17.3. The van der Waals surface area contributed by atoms with Gasteiger partial charge in [-0.1, -0.05) is 48.0 Å². The van der Waals surface area contributed by atoms with Crippen LogP contribution in [0.3, 0.4) is 0 Å². The molecule has 5 nitrogen and oxygen atoms in total. The average Bonchev–Trinajstić information content (AvgIpc) is 2.76. The zero-order chi connectivity index (χ0) is 22.0. The van der Waals surface area contributed by atoms with Crippen molar-refractivity contribution in [2.45, 2.75) is 25.0 Å². The number of pyridine rings is 1. The minimum Gasteiger partial charge on any atom is -0.385 e. The molecular weight excluding hydrogens is 417 g/mol. The molecule has 0 saturated heterocycles. The molecule has 1 aliphatic rings. The van der Waals surface area contributed by atoms with Gasteiger partial charge in [-0.15, -0.1) is 0 Å². The standard InChI is InChI=1S/C24H21ClFN3O2/c1-24(14-31-22(23(27)29-24)16-5-3-2-4-6-16)18-11-15(7-9-19(18)26)12-21(30)20-10-8-17(25)13-28-20/h2-11,13,22H,12,14H2,1H3,(H2,27,29)/t22-,24-/m0/s1. The summed E-state index contributed by atoms with van der Waals surface area (Å²) in [5.74, 6) is -0.334. The molecule has 4 rings (SSSR count). The van der Waals surface area contributed by atoms with Gasteiger partial charge in [0.1, 0.15) is 29.0 Å². The van der Waals surface area contributed by atoms with E-state index in [-0.39, 0.29) is 24.6 Å². The van der Waals surface area contributed by atoms with Crippen molar-refractivity contribution in [3.05, 3.63) is 100 Å². The number of Topliss-reactive ketones (excluding diaryl/α,β-unsaturated/α-hetero) is 1. The van der Waals surface area contributed by atoms with Crippen LogP contribution >= 0.6 is 11.6 Å². The number of carbonyl (C=O) groups excluding carboxylic acids is 1. The van der Waals surface area contributed by atoms with Gasteiger partial charge in [0.05, 0.1) is 11.6 Å². The van der Waals surface area contributed by atoms with E-state index >= 15 is 0 Å². The first-order chi connectivity index (χ1) is 14.9. The minimum atomic E-state index is -1.00. The van der Waals surface area contributed by atoms with Crippen molar-refractivity contribution in [1.29, 1.82) is 0 Å². The molecule has 0 bridgehead atoms. The molecule has 2 aromatic carbocycles.